The fraction of sp³-hybridized carbons (Fsp3) is 0.216. The van der Waals surface area contributed by atoms with Crippen molar-refractivity contribution in [3.63, 3.8) is 0 Å². The second-order valence-electron chi connectivity index (χ2n) is 11.5. The number of hydrogen-bond donors (Lipinski definition) is 2. The molecule has 0 saturated carbocycles. The highest BCUT2D eigenvalue weighted by atomic mass is 16.5. The lowest BCUT2D eigenvalue weighted by atomic mass is 9.91. The number of hydrogen-bond acceptors (Lipinski definition) is 7. The molecule has 2 heterocycles. The van der Waals surface area contributed by atoms with Gasteiger partial charge >= 0.3 is 6.09 Å². The van der Waals surface area contributed by atoms with Gasteiger partial charge in [-0.25, -0.2) is 14.7 Å². The van der Waals surface area contributed by atoms with Gasteiger partial charge in [0.25, 0.3) is 0 Å². The summed E-state index contributed by atoms with van der Waals surface area (Å²) in [5, 5.41) is 14.1. The Morgan fingerprint density at radius 3 is 1.96 bits per heavy atom. The zero-order valence-electron chi connectivity index (χ0n) is 26.6. The second-order valence-corrected chi connectivity index (χ2v) is 11.5. The Bertz CT molecular complexity index is 1780. The van der Waals surface area contributed by atoms with Crippen LogP contribution in [0.15, 0.2) is 97.2 Å². The van der Waals surface area contributed by atoms with Crippen LogP contribution in [0, 0.1) is 13.8 Å². The van der Waals surface area contributed by atoms with Gasteiger partial charge in [-0.1, -0.05) is 48.5 Å². The molecule has 0 atom stereocenters. The van der Waals surface area contributed by atoms with Gasteiger partial charge in [0.15, 0.2) is 0 Å². The lowest BCUT2D eigenvalue weighted by Crippen LogP contribution is -2.44. The molecule has 4 aromatic carbocycles. The van der Waals surface area contributed by atoms with Crippen LogP contribution >= 0.6 is 0 Å². The van der Waals surface area contributed by atoms with E-state index in [1.54, 1.807) is 19.4 Å². The highest BCUT2D eigenvalue weighted by molar-refractivity contribution is 6.05. The van der Waals surface area contributed by atoms with E-state index in [2.05, 4.69) is 39.3 Å². The molecule has 1 aromatic heterocycles. The zero-order chi connectivity index (χ0) is 32.2. The number of aromatic nitrogens is 2. The van der Waals surface area contributed by atoms with Gasteiger partial charge in [0, 0.05) is 60.9 Å². The molecule has 1 aliphatic rings. The number of anilines is 5. The third-order valence-corrected chi connectivity index (χ3v) is 8.47. The average molecular weight is 615 g/mol. The molecule has 0 aliphatic carbocycles. The van der Waals surface area contributed by atoms with E-state index in [-0.39, 0.29) is 5.82 Å². The van der Waals surface area contributed by atoms with Gasteiger partial charge in [-0.3, -0.25) is 0 Å². The number of methoxy groups -OCH3 is 1. The third kappa shape index (κ3) is 6.36. The molecule has 46 heavy (non-hydrogen) atoms. The van der Waals surface area contributed by atoms with Crippen LogP contribution in [-0.4, -0.2) is 66.4 Å². The van der Waals surface area contributed by atoms with Gasteiger partial charge in [0.05, 0.1) is 12.8 Å². The normalized spacial score (nSPS) is 13.3. The van der Waals surface area contributed by atoms with Crippen molar-refractivity contribution in [2.75, 3.05) is 55.5 Å². The summed E-state index contributed by atoms with van der Waals surface area (Å²) < 4.78 is 5.75. The van der Waals surface area contributed by atoms with Crippen LogP contribution < -0.4 is 19.9 Å². The largest absolute Gasteiger partial charge is 0.497 e. The molecule has 2 N–H and O–H groups in total. The molecule has 1 amide bonds. The quantitative estimate of drug-likeness (QED) is 0.183. The molecule has 9 heteroatoms. The smallest absolute Gasteiger partial charge is 0.417 e. The van der Waals surface area contributed by atoms with Crippen molar-refractivity contribution in [3.8, 4) is 28.0 Å². The first kappa shape index (κ1) is 30.6. The number of carboxylic acid groups (broad SMARTS) is 1. The summed E-state index contributed by atoms with van der Waals surface area (Å²) in [6.07, 6.45) is 0.403. The molecular weight excluding hydrogens is 576 g/mol. The van der Waals surface area contributed by atoms with Crippen molar-refractivity contribution in [2.45, 2.75) is 13.8 Å². The molecule has 1 fully saturated rings. The topological polar surface area (TPSA) is 94.1 Å². The summed E-state index contributed by atoms with van der Waals surface area (Å²) in [4.78, 5) is 28.4. The van der Waals surface area contributed by atoms with Gasteiger partial charge in [0.2, 0.25) is 5.95 Å². The average Bonchev–Trinajstić information content (AvgIpc) is 3.06. The molecule has 5 aromatic rings. The summed E-state index contributed by atoms with van der Waals surface area (Å²) in [6, 6.07) is 29.4. The minimum Gasteiger partial charge on any atom is -0.497 e. The minimum atomic E-state index is -1.17. The van der Waals surface area contributed by atoms with Gasteiger partial charge in [-0.2, -0.15) is 4.98 Å². The van der Waals surface area contributed by atoms with Crippen LogP contribution in [0.1, 0.15) is 11.1 Å². The van der Waals surface area contributed by atoms with Crippen LogP contribution in [0.25, 0.3) is 22.3 Å². The maximum absolute atomic E-state index is 13.3. The lowest BCUT2D eigenvalue weighted by Gasteiger charge is -2.34. The maximum atomic E-state index is 13.3. The van der Waals surface area contributed by atoms with Crippen molar-refractivity contribution in [3.05, 3.63) is 108 Å². The van der Waals surface area contributed by atoms with E-state index in [0.29, 0.717) is 28.5 Å². The molecule has 0 bridgehead atoms. The van der Waals surface area contributed by atoms with Crippen molar-refractivity contribution < 1.29 is 14.6 Å². The number of likely N-dealkylation sites (N-methyl/N-ethyl adjacent to an activating group) is 1. The van der Waals surface area contributed by atoms with Gasteiger partial charge in [0.1, 0.15) is 11.6 Å². The highest BCUT2D eigenvalue weighted by Crippen LogP contribution is 2.46. The minimum absolute atomic E-state index is 0.217. The predicted octanol–water partition coefficient (Wildman–Crippen LogP) is 7.75. The zero-order valence-corrected chi connectivity index (χ0v) is 26.6. The predicted molar refractivity (Wildman–Crippen MR) is 185 cm³/mol. The standard InChI is InChI=1S/C37H38N6O3/c1-25-9-5-7-11-30(25)32-23-29(46-4)24-33(31-12-8-6-10-26(31)2)35(32)43(37(44)45)34-17-18-38-36(40-34)39-27-13-15-28(16-14-27)42-21-19-41(3)20-22-42/h5-18,23-24H,19-22H2,1-4H3,(H,44,45)(H,38,39,40). The summed E-state index contributed by atoms with van der Waals surface area (Å²) >= 11 is 0. The van der Waals surface area contributed by atoms with Crippen molar-refractivity contribution in [2.24, 2.45) is 0 Å². The molecule has 9 nitrogen and oxygen atoms in total. The fourth-order valence-electron chi connectivity index (χ4n) is 5.92. The molecule has 6 rings (SSSR count). The summed E-state index contributed by atoms with van der Waals surface area (Å²) in [6.45, 7) is 8.06. The van der Waals surface area contributed by atoms with Crippen molar-refractivity contribution in [1.29, 1.82) is 0 Å². The van der Waals surface area contributed by atoms with Crippen LogP contribution in [0.3, 0.4) is 0 Å². The number of rotatable bonds is 8. The van der Waals surface area contributed by atoms with Crippen LogP contribution in [0.2, 0.25) is 0 Å². The van der Waals surface area contributed by atoms with E-state index < -0.39 is 6.09 Å². The molecular formula is C37H38N6O3. The number of piperazine rings is 1. The highest BCUT2D eigenvalue weighted by Gasteiger charge is 2.28. The first-order chi connectivity index (χ1) is 22.3. The third-order valence-electron chi connectivity index (χ3n) is 8.47. The van der Waals surface area contributed by atoms with Crippen LogP contribution in [0.5, 0.6) is 5.75 Å². The van der Waals surface area contributed by atoms with Gasteiger partial charge in [-0.05, 0) is 79.5 Å². The van der Waals surface area contributed by atoms with Gasteiger partial charge < -0.3 is 25.0 Å². The fourth-order valence-corrected chi connectivity index (χ4v) is 5.92. The number of aryl methyl sites for hydroxylation is 2. The number of ether oxygens (including phenoxy) is 1. The van der Waals surface area contributed by atoms with E-state index >= 15 is 0 Å². The first-order valence-corrected chi connectivity index (χ1v) is 15.3. The molecule has 0 unspecified atom stereocenters. The number of benzene rings is 4. The summed E-state index contributed by atoms with van der Waals surface area (Å²) in [5.74, 6) is 1.13. The van der Waals surface area contributed by atoms with Gasteiger partial charge in [-0.15, -0.1) is 0 Å². The lowest BCUT2D eigenvalue weighted by molar-refractivity contribution is 0.204. The Hall–Kier alpha value is -5.41. The number of nitrogens with one attached hydrogen (secondary N) is 1. The Balaban J connectivity index is 1.43. The molecule has 234 valence electrons. The second kappa shape index (κ2) is 13.3. The van der Waals surface area contributed by atoms with E-state index in [1.165, 1.54) is 4.90 Å². The molecule has 0 spiro atoms. The maximum Gasteiger partial charge on any atom is 0.417 e. The number of nitrogens with zero attached hydrogens (tertiary/aromatic N) is 5. The first-order valence-electron chi connectivity index (χ1n) is 15.3. The Morgan fingerprint density at radius 1 is 0.826 bits per heavy atom. The number of amides is 1. The summed E-state index contributed by atoms with van der Waals surface area (Å²) in [7, 11) is 3.76. The molecule has 1 aliphatic heterocycles. The Labute approximate surface area is 269 Å². The molecule has 0 radical (unpaired) electrons. The Kier molecular flexibility index (Phi) is 8.85. The summed E-state index contributed by atoms with van der Waals surface area (Å²) in [5.41, 5.74) is 7.68. The van der Waals surface area contributed by atoms with Crippen LogP contribution in [0.4, 0.5) is 33.6 Å². The van der Waals surface area contributed by atoms with Crippen molar-refractivity contribution >= 4 is 34.9 Å². The molecule has 1 saturated heterocycles. The van der Waals surface area contributed by atoms with E-state index in [9.17, 15) is 9.90 Å². The SMILES string of the molecule is COc1cc(-c2ccccc2C)c(N(C(=O)O)c2ccnc(Nc3ccc(N4CCN(C)CC4)cc3)n2)c(-c2ccccc2C)c1. The monoisotopic (exact) mass is 614 g/mol. The van der Waals surface area contributed by atoms with Crippen molar-refractivity contribution in [1.82, 2.24) is 14.9 Å². The van der Waals surface area contributed by atoms with E-state index in [1.807, 2.05) is 86.6 Å². The van der Waals surface area contributed by atoms with Crippen LogP contribution in [-0.2, 0) is 0 Å². The van der Waals surface area contributed by atoms with E-state index in [0.717, 1.165) is 59.8 Å². The van der Waals surface area contributed by atoms with E-state index in [4.69, 9.17) is 9.72 Å². The Morgan fingerprint density at radius 2 is 1.41 bits per heavy atom. The number of carbonyl (C=O) groups is 1.